The Morgan fingerprint density at radius 2 is 0.438 bits per heavy atom. The van der Waals surface area contributed by atoms with E-state index in [0.29, 0.717) is 21.2 Å². The van der Waals surface area contributed by atoms with Crippen molar-refractivity contribution in [3.05, 3.63) is 330 Å². The largest absolute Gasteiger partial charge is 0.102 e. The maximum atomic E-state index is 11.1. The monoisotopic (exact) mass is 1540 g/mol. The predicted molar refractivity (Wildman–Crippen MR) is 313 cm³/mol. The number of rotatable bonds is 14. The molecule has 0 saturated heterocycles. The van der Waals surface area contributed by atoms with Gasteiger partial charge >= 0.3 is 239 Å². The number of hydrogen-bond donors (Lipinski definition) is 0. The Labute approximate surface area is 509 Å². The molecule has 0 atom stereocenters. The van der Waals surface area contributed by atoms with Gasteiger partial charge in [-0.25, -0.2) is 0 Å². The Balaban J connectivity index is 0.000000194. The first kappa shape index (κ1) is 66.5. The fourth-order valence-electron chi connectivity index (χ4n) is 8.46. The SMILES string of the molecule is [Au].[Au].[CH2-]P([CH2-])(O[Cl+3]([O-])([O-])[O-])(c1ccccc1)c1ccccc1.[CH2-]P([CH2-])(O[Cl+3]([O-])([O-])[O-])(c1ccccc1)c1ccccc1.c1ccc(P(c2ccccc2)c2ccccc2)cc1.c1ccc([PH+](c2ccccc2)c2ccccc2)cc1. The topological polar surface area (TPSA) is 157 Å². The van der Waals surface area contributed by atoms with Gasteiger partial charge in [-0.3, -0.25) is 0 Å². The average Bonchev–Trinajstić information content (AvgIpc) is 3.46. The fourth-order valence-corrected chi connectivity index (χ4v) is 21.9. The summed E-state index contributed by atoms with van der Waals surface area (Å²) >= 11 is 0. The van der Waals surface area contributed by atoms with Crippen LogP contribution >= 0.6 is 29.5 Å². The summed E-state index contributed by atoms with van der Waals surface area (Å²) in [5, 5.41) is 10.4. The molecule has 0 unspecified atom stereocenters. The van der Waals surface area contributed by atoms with Crippen LogP contribution in [0, 0.1) is 47.1 Å². The molecule has 2 radical (unpaired) electrons. The van der Waals surface area contributed by atoms with Gasteiger partial charge < -0.3 is 0 Å². The Morgan fingerprint density at radius 3 is 0.613 bits per heavy atom. The van der Waals surface area contributed by atoms with Crippen molar-refractivity contribution in [2.75, 3.05) is 0 Å². The first-order valence-corrected chi connectivity index (χ1v) is 34.6. The van der Waals surface area contributed by atoms with Crippen LogP contribution in [0.3, 0.4) is 0 Å². The van der Waals surface area contributed by atoms with Crippen LogP contribution in [0.1, 0.15) is 0 Å². The first-order chi connectivity index (χ1) is 37.3. The minimum Gasteiger partial charge on any atom is -0.0622 e. The second kappa shape index (κ2) is 30.3. The van der Waals surface area contributed by atoms with E-state index in [9.17, 15) is 28.0 Å². The molecule has 10 aromatic rings. The van der Waals surface area contributed by atoms with Crippen molar-refractivity contribution >= 4 is 82.5 Å². The molecule has 0 heterocycles. The van der Waals surface area contributed by atoms with Gasteiger partial charge in [0.1, 0.15) is 15.9 Å². The third-order valence-corrected chi connectivity index (χ3v) is 27.3. The van der Waals surface area contributed by atoms with Crippen molar-refractivity contribution in [2.24, 2.45) is 0 Å². The normalized spacial score (nSPS) is 12.3. The van der Waals surface area contributed by atoms with Gasteiger partial charge in [0.2, 0.25) is 0 Å². The zero-order valence-corrected chi connectivity index (χ0v) is 52.7. The van der Waals surface area contributed by atoms with Gasteiger partial charge in [-0.2, -0.15) is 0 Å². The van der Waals surface area contributed by atoms with Crippen LogP contribution < -0.4 is 81.0 Å². The number of hydrogen-bond acceptors (Lipinski definition) is 8. The van der Waals surface area contributed by atoms with Crippen molar-refractivity contribution in [3.8, 4) is 0 Å². The molecule has 422 valence electrons. The van der Waals surface area contributed by atoms with Gasteiger partial charge in [-0.05, 0) is 60.2 Å². The summed E-state index contributed by atoms with van der Waals surface area (Å²) in [4.78, 5) is 0. The molecule has 0 saturated carbocycles. The van der Waals surface area contributed by atoms with Gasteiger partial charge in [-0.15, -0.1) is 0 Å². The summed E-state index contributed by atoms with van der Waals surface area (Å²) in [6.07, 6.45) is 0. The molecule has 8 nitrogen and oxygen atoms in total. The second-order valence-corrected chi connectivity index (χ2v) is 32.9. The van der Waals surface area contributed by atoms with Crippen LogP contribution in [-0.4, -0.2) is 0 Å². The van der Waals surface area contributed by atoms with Crippen molar-refractivity contribution in [2.45, 2.75) is 0 Å². The van der Waals surface area contributed by atoms with E-state index in [1.54, 1.807) is 121 Å². The molecule has 0 aromatic heterocycles. The Bertz CT molecular complexity index is 2830. The summed E-state index contributed by atoms with van der Waals surface area (Å²) in [7, 11) is -10.6. The van der Waals surface area contributed by atoms with Gasteiger partial charge in [0.15, 0.2) is 0 Å². The minimum absolute atomic E-state index is 0. The molecule has 80 heavy (non-hydrogen) atoms. The smallest absolute Gasteiger partial charge is 0.0622 e. The third kappa shape index (κ3) is 18.3. The van der Waals surface area contributed by atoms with Crippen molar-refractivity contribution < 1.29 is 101 Å². The van der Waals surface area contributed by atoms with E-state index in [2.05, 4.69) is 209 Å². The summed E-state index contributed by atoms with van der Waals surface area (Å²) in [5.41, 5.74) is 0. The molecular formula is C64H59Au2Cl2O8P4-3. The van der Waals surface area contributed by atoms with Crippen LogP contribution in [0.5, 0.6) is 0 Å². The average molecular weight is 1540 g/mol. The molecule has 10 aromatic carbocycles. The minimum atomic E-state index is -4.66. The Morgan fingerprint density at radius 1 is 0.275 bits per heavy atom. The van der Waals surface area contributed by atoms with Crippen molar-refractivity contribution in [3.63, 3.8) is 0 Å². The van der Waals surface area contributed by atoms with Gasteiger partial charge in [-0.1, -0.05) is 146 Å². The van der Waals surface area contributed by atoms with Crippen molar-refractivity contribution in [1.29, 1.82) is 0 Å². The third-order valence-electron chi connectivity index (χ3n) is 12.2. The summed E-state index contributed by atoms with van der Waals surface area (Å²) in [6.45, 7) is 7.67. The fraction of sp³-hybridized carbons (Fsp3) is 0. The van der Waals surface area contributed by atoms with Gasteiger partial charge in [0.05, 0.1) is 7.92 Å². The zero-order valence-electron chi connectivity index (χ0n) is 43.2. The maximum absolute atomic E-state index is 11.1. The number of halogens is 2. The molecule has 0 aliphatic carbocycles. The van der Waals surface area contributed by atoms with Crippen LogP contribution in [0.25, 0.3) is 0 Å². The van der Waals surface area contributed by atoms with E-state index in [0.717, 1.165) is 0 Å². The first-order valence-electron chi connectivity index (χ1n) is 24.3. The molecule has 0 aliphatic rings. The number of benzene rings is 10. The molecule has 0 aliphatic heterocycles. The molecule has 10 rings (SSSR count). The van der Waals surface area contributed by atoms with E-state index in [4.69, 9.17) is 8.15 Å². The summed E-state index contributed by atoms with van der Waals surface area (Å²) in [6, 6.07) is 98.9. The summed E-state index contributed by atoms with van der Waals surface area (Å²) < 4.78 is 76.6. The maximum Gasteiger partial charge on any atom is 0.102 e. The molecule has 0 amide bonds. The van der Waals surface area contributed by atoms with Crippen LogP contribution in [0.2, 0.25) is 0 Å². The zero-order chi connectivity index (χ0) is 55.6. The Kier molecular flexibility index (Phi) is 25.2. The van der Waals surface area contributed by atoms with Crippen LogP contribution in [-0.2, 0) is 52.9 Å². The van der Waals surface area contributed by atoms with Gasteiger partial charge in [0.25, 0.3) is 0 Å². The Hall–Kier alpha value is -4.34. The van der Waals surface area contributed by atoms with E-state index in [1.165, 1.54) is 31.8 Å². The molecule has 0 N–H and O–H groups in total. The molecule has 0 spiro atoms. The van der Waals surface area contributed by atoms with E-state index < -0.39 is 50.0 Å². The quantitative estimate of drug-likeness (QED) is 0.0750. The molecule has 0 bridgehead atoms. The predicted octanol–water partition coefficient (Wildman–Crippen LogP) is 5.82. The van der Waals surface area contributed by atoms with Gasteiger partial charge in [0, 0.05) is 44.8 Å². The van der Waals surface area contributed by atoms with Crippen LogP contribution in [0.15, 0.2) is 303 Å². The second-order valence-electron chi connectivity index (χ2n) is 17.9. The van der Waals surface area contributed by atoms with Crippen molar-refractivity contribution in [1.82, 2.24) is 0 Å². The standard InChI is InChI=1S/2C18H15P.2C14H14ClO4P.2Au/c2*1-4-10-16(11-5-1)19(17-12-6-2-7-13-17)18-14-8-3-9-15-18;2*1-20(2,19-15(16,17)18,13-9-5-3-6-10-13)14-11-7-4-8-12-14;;/h2*1-15H;2*3-12H,1-2H2;;/q;;2*-2;;/p+1. The van der Waals surface area contributed by atoms with E-state index >= 15 is 0 Å². The van der Waals surface area contributed by atoms with E-state index in [-0.39, 0.29) is 44.8 Å². The molecule has 0 fully saturated rings. The molecular weight excluding hydrogens is 1490 g/mol. The summed E-state index contributed by atoms with van der Waals surface area (Å²) in [5.74, 6) is 0. The molecule has 16 heteroatoms. The van der Waals surface area contributed by atoms with E-state index in [1.807, 2.05) is 0 Å². The van der Waals surface area contributed by atoms with Crippen LogP contribution in [0.4, 0.5) is 0 Å².